The standard InChI is InChI=1S/C23H22NS.C19H26GeN.Ir/c1-14(2)10-17-12-21(24-13-16(17)4)20-7-5-6-19-18-9-8-15(3)11-22(18)25-23(19)20;1-19(2,3)13-16-12-18(15-10-8-7-9-11-15)21-14-17(16)20(4,5)6;/h5-6,8-9,11-14H,10H2,1-4H3;7-10,12,14H,13H2,1-6H3;/q2*-1;/i3D3,4D3,10D2;13D2;. The van der Waals surface area contributed by atoms with Crippen molar-refractivity contribution in [3.05, 3.63) is 114 Å². The summed E-state index contributed by atoms with van der Waals surface area (Å²) in [5.41, 5.74) is 3.34. The zero-order valence-corrected chi connectivity index (χ0v) is 33.5. The molecule has 3 aromatic carbocycles. The summed E-state index contributed by atoms with van der Waals surface area (Å²) >= 11 is -0.824. The molecule has 5 heteroatoms. The number of hydrogen-bond donors (Lipinski definition) is 0. The van der Waals surface area contributed by atoms with Crippen molar-refractivity contribution >= 4 is 49.2 Å². The van der Waals surface area contributed by atoms with Gasteiger partial charge in [0.25, 0.3) is 0 Å². The molecule has 6 rings (SSSR count). The van der Waals surface area contributed by atoms with Gasteiger partial charge in [0.2, 0.25) is 0 Å². The summed E-state index contributed by atoms with van der Waals surface area (Å²) in [6.07, 6.45) is -0.128. The average Bonchev–Trinajstić information content (AvgIpc) is 3.48. The molecule has 0 bridgehead atoms. The molecule has 0 saturated heterocycles. The van der Waals surface area contributed by atoms with Gasteiger partial charge in [-0.3, -0.25) is 0 Å². The van der Waals surface area contributed by atoms with Gasteiger partial charge in [0.05, 0.1) is 0 Å². The second-order valence-corrected chi connectivity index (χ2v) is 25.5. The van der Waals surface area contributed by atoms with Gasteiger partial charge in [-0.05, 0) is 59.0 Å². The molecule has 0 aliphatic rings. The molecule has 0 spiro atoms. The first-order chi connectivity index (χ1) is 25.7. The van der Waals surface area contributed by atoms with E-state index in [1.807, 2.05) is 63.4 Å². The van der Waals surface area contributed by atoms with E-state index in [1.165, 1.54) is 23.6 Å². The van der Waals surface area contributed by atoms with Gasteiger partial charge < -0.3 is 4.98 Å². The number of benzene rings is 3. The van der Waals surface area contributed by atoms with Gasteiger partial charge in [0, 0.05) is 42.0 Å². The molecule has 3 aromatic heterocycles. The largest absolute Gasteiger partial charge is 0 e. The van der Waals surface area contributed by atoms with Crippen molar-refractivity contribution in [2.75, 3.05) is 0 Å². The van der Waals surface area contributed by atoms with E-state index >= 15 is 0 Å². The van der Waals surface area contributed by atoms with Crippen molar-refractivity contribution in [2.45, 2.75) is 78.3 Å². The van der Waals surface area contributed by atoms with Gasteiger partial charge in [-0.1, -0.05) is 43.0 Å². The maximum atomic E-state index is 8.76. The molecule has 2 nitrogen and oxygen atoms in total. The van der Waals surface area contributed by atoms with Gasteiger partial charge in [0.15, 0.2) is 0 Å². The van der Waals surface area contributed by atoms with Crippen LogP contribution in [0.4, 0.5) is 0 Å². The van der Waals surface area contributed by atoms with Gasteiger partial charge in [0.1, 0.15) is 0 Å². The van der Waals surface area contributed by atoms with Crippen LogP contribution >= 0.6 is 11.3 Å². The molecule has 0 N–H and O–H groups in total. The topological polar surface area (TPSA) is 25.8 Å². The van der Waals surface area contributed by atoms with Gasteiger partial charge in [-0.25, -0.2) is 0 Å². The predicted octanol–water partition coefficient (Wildman–Crippen LogP) is 11.4. The number of nitrogens with zero attached hydrogens (tertiary/aromatic N) is 2. The van der Waals surface area contributed by atoms with Crippen LogP contribution in [0.5, 0.6) is 0 Å². The zero-order chi connectivity index (χ0) is 41.8. The Bertz CT molecular complexity index is 2360. The van der Waals surface area contributed by atoms with Crippen LogP contribution in [0.25, 0.3) is 42.7 Å². The van der Waals surface area contributed by atoms with Crippen LogP contribution in [0, 0.1) is 37.2 Å². The number of fused-ring (bicyclic) bond motifs is 3. The first-order valence-corrected chi connectivity index (χ1v) is 23.7. The Balaban J connectivity index is 0.000000265. The Morgan fingerprint density at radius 3 is 2.30 bits per heavy atom. The average molecular weight is 888 g/mol. The quantitative estimate of drug-likeness (QED) is 0.123. The predicted molar refractivity (Wildman–Crippen MR) is 204 cm³/mol. The third kappa shape index (κ3) is 9.29. The summed E-state index contributed by atoms with van der Waals surface area (Å²) in [6.45, 7) is 4.60. The smallest absolute Gasteiger partial charge is 0 e. The second kappa shape index (κ2) is 15.3. The number of aromatic nitrogens is 2. The van der Waals surface area contributed by atoms with E-state index in [4.69, 9.17) is 13.7 Å². The molecule has 0 saturated carbocycles. The maximum absolute atomic E-state index is 8.76. The van der Waals surface area contributed by atoms with Crippen molar-refractivity contribution in [1.29, 1.82) is 0 Å². The van der Waals surface area contributed by atoms with E-state index in [9.17, 15) is 0 Å². The normalized spacial score (nSPS) is 16.1. The van der Waals surface area contributed by atoms with E-state index < -0.39 is 51.0 Å². The number of rotatable bonds is 6. The summed E-state index contributed by atoms with van der Waals surface area (Å²) < 4.78 is 84.1. The second-order valence-electron chi connectivity index (χ2n) is 13.8. The molecule has 6 aromatic rings. The molecular formula is C42H48GeIrN2S-2. The summed E-state index contributed by atoms with van der Waals surface area (Å²) in [6, 6.07) is 26.3. The van der Waals surface area contributed by atoms with E-state index in [2.05, 4.69) is 39.4 Å². The first-order valence-electron chi connectivity index (χ1n) is 20.5. The van der Waals surface area contributed by atoms with E-state index in [1.54, 1.807) is 38.1 Å². The van der Waals surface area contributed by atoms with Gasteiger partial charge >= 0.3 is 135 Å². The number of pyridine rings is 2. The number of aryl methyl sites for hydroxylation is 2. The minimum absolute atomic E-state index is 0. The summed E-state index contributed by atoms with van der Waals surface area (Å²) in [5, 5.41) is 1.83. The number of thiophene rings is 1. The van der Waals surface area contributed by atoms with Crippen LogP contribution in [0.3, 0.4) is 0 Å². The molecule has 0 atom stereocenters. The molecule has 1 radical (unpaired) electrons. The third-order valence-electron chi connectivity index (χ3n) is 7.24. The molecule has 47 heavy (non-hydrogen) atoms. The third-order valence-corrected chi connectivity index (χ3v) is 12.7. The molecule has 3 heterocycles. The Hall–Kier alpha value is -2.63. The molecule has 0 fully saturated rings. The summed E-state index contributed by atoms with van der Waals surface area (Å²) in [5.74, 6) is 6.41. The van der Waals surface area contributed by atoms with Crippen LogP contribution in [0.2, 0.25) is 17.3 Å². The SMILES string of the molecule is [2H]C([2H])([2H])c1ccc2c(c1)sc1c(-c3cc(C([2H])([2H])C(C)C)c(C([2H])([2H])[2H])cn3)[c-]ccc12.[2H]C([2H])(c1cc(-c2[c-]cccc2)nc[c]1[Ge]([CH3])([CH3])[CH3])C(C)(C)C.[Ir]. The fraction of sp³-hybridized carbons (Fsp3) is 0.333. The van der Waals surface area contributed by atoms with Crippen molar-refractivity contribution in [3.8, 4) is 22.5 Å². The van der Waals surface area contributed by atoms with Crippen molar-refractivity contribution < 1.29 is 33.8 Å². The molecule has 0 aliphatic heterocycles. The molecular weight excluding hydrogens is 829 g/mol. The van der Waals surface area contributed by atoms with Crippen LogP contribution in [-0.2, 0) is 32.9 Å². The number of hydrogen-bond acceptors (Lipinski definition) is 3. The minimum Gasteiger partial charge on any atom is 0 e. The molecule has 247 valence electrons. The zero-order valence-electron chi connectivity index (χ0n) is 38.2. The van der Waals surface area contributed by atoms with Crippen molar-refractivity contribution in [3.63, 3.8) is 0 Å². The van der Waals surface area contributed by atoms with Crippen LogP contribution in [0.1, 0.15) is 70.6 Å². The van der Waals surface area contributed by atoms with E-state index in [-0.39, 0.29) is 36.8 Å². The fourth-order valence-electron chi connectivity index (χ4n) is 5.21. The van der Waals surface area contributed by atoms with Crippen LogP contribution < -0.4 is 4.40 Å². The summed E-state index contributed by atoms with van der Waals surface area (Å²) in [7, 11) is 0. The van der Waals surface area contributed by atoms with Crippen molar-refractivity contribution in [1.82, 2.24) is 9.97 Å². The first kappa shape index (κ1) is 25.4. The fourth-order valence-corrected chi connectivity index (χ4v) is 9.39. The Kier molecular flexibility index (Phi) is 8.25. The minimum atomic E-state index is -2.50. The molecule has 0 aliphatic carbocycles. The van der Waals surface area contributed by atoms with Crippen LogP contribution in [-0.4, -0.2) is 23.2 Å². The Morgan fingerprint density at radius 2 is 1.64 bits per heavy atom. The van der Waals surface area contributed by atoms with Crippen LogP contribution in [0.15, 0.2) is 79.1 Å². The van der Waals surface area contributed by atoms with E-state index in [0.29, 0.717) is 11.3 Å². The van der Waals surface area contributed by atoms with Gasteiger partial charge in [-0.2, -0.15) is 11.3 Å². The molecule has 0 unspecified atom stereocenters. The van der Waals surface area contributed by atoms with E-state index in [0.717, 1.165) is 41.4 Å². The Morgan fingerprint density at radius 1 is 0.872 bits per heavy atom. The summed E-state index contributed by atoms with van der Waals surface area (Å²) in [4.78, 5) is 9.01. The monoisotopic (exact) mass is 889 g/mol. The maximum Gasteiger partial charge on any atom is 0 e. The van der Waals surface area contributed by atoms with Crippen molar-refractivity contribution in [2.24, 2.45) is 11.3 Å². The molecule has 0 amide bonds. The van der Waals surface area contributed by atoms with Gasteiger partial charge in [-0.15, -0.1) is 23.8 Å². The Labute approximate surface area is 317 Å².